The topological polar surface area (TPSA) is 60.2 Å². The summed E-state index contributed by atoms with van der Waals surface area (Å²) in [5.41, 5.74) is -0.318. The van der Waals surface area contributed by atoms with Crippen molar-refractivity contribution >= 4 is 0 Å². The first-order valence-electron chi connectivity index (χ1n) is 7.38. The molecule has 2 aliphatic rings. The fourth-order valence-corrected chi connectivity index (χ4v) is 3.35. The molecule has 19 heavy (non-hydrogen) atoms. The molecule has 1 aromatic rings. The molecule has 2 atom stereocenters. The minimum absolute atomic E-state index is 0.207. The SMILES string of the molecule is COC1(c2noc(C3NCCC3C)n2)CCCCC1. The molecule has 1 N–H and O–H groups in total. The molecule has 0 aromatic carbocycles. The first kappa shape index (κ1) is 13.1. The maximum Gasteiger partial charge on any atom is 0.244 e. The number of rotatable bonds is 3. The van der Waals surface area contributed by atoms with Crippen LogP contribution in [-0.2, 0) is 10.3 Å². The summed E-state index contributed by atoms with van der Waals surface area (Å²) in [5.74, 6) is 2.02. The second kappa shape index (κ2) is 5.21. The molecule has 0 amide bonds. The third-order valence-electron chi connectivity index (χ3n) is 4.70. The molecule has 2 heterocycles. The summed E-state index contributed by atoms with van der Waals surface area (Å²) < 4.78 is 11.3. The molecular formula is C14H23N3O2. The summed E-state index contributed by atoms with van der Waals surface area (Å²) in [6, 6.07) is 0.207. The Morgan fingerprint density at radius 2 is 2.11 bits per heavy atom. The van der Waals surface area contributed by atoms with Crippen molar-refractivity contribution in [1.82, 2.24) is 15.5 Å². The Hall–Kier alpha value is -0.940. The highest BCUT2D eigenvalue weighted by atomic mass is 16.5. The van der Waals surface area contributed by atoms with Crippen LogP contribution in [0.1, 0.15) is 63.2 Å². The Morgan fingerprint density at radius 1 is 1.32 bits per heavy atom. The van der Waals surface area contributed by atoms with Gasteiger partial charge in [-0.3, -0.25) is 0 Å². The number of hydrogen-bond acceptors (Lipinski definition) is 5. The molecule has 2 unspecified atom stereocenters. The van der Waals surface area contributed by atoms with Gasteiger partial charge in [-0.1, -0.05) is 31.3 Å². The van der Waals surface area contributed by atoms with Crippen molar-refractivity contribution in [3.05, 3.63) is 11.7 Å². The Balaban J connectivity index is 1.83. The average molecular weight is 265 g/mol. The van der Waals surface area contributed by atoms with Crippen molar-refractivity contribution in [2.45, 2.75) is 57.1 Å². The number of ether oxygens (including phenoxy) is 1. The van der Waals surface area contributed by atoms with Gasteiger partial charge in [0.05, 0.1) is 6.04 Å². The van der Waals surface area contributed by atoms with Gasteiger partial charge in [-0.2, -0.15) is 4.98 Å². The van der Waals surface area contributed by atoms with Crippen molar-refractivity contribution in [3.8, 4) is 0 Å². The van der Waals surface area contributed by atoms with Crippen LogP contribution in [0.15, 0.2) is 4.52 Å². The number of nitrogens with zero attached hydrogens (tertiary/aromatic N) is 2. The van der Waals surface area contributed by atoms with Crippen LogP contribution in [0.5, 0.6) is 0 Å². The summed E-state index contributed by atoms with van der Waals surface area (Å²) in [4.78, 5) is 4.64. The van der Waals surface area contributed by atoms with Crippen LogP contribution in [0.25, 0.3) is 0 Å². The van der Waals surface area contributed by atoms with E-state index >= 15 is 0 Å². The highest BCUT2D eigenvalue weighted by molar-refractivity contribution is 5.06. The molecule has 1 aromatic heterocycles. The van der Waals surface area contributed by atoms with Gasteiger partial charge >= 0.3 is 0 Å². The van der Waals surface area contributed by atoms with Gasteiger partial charge < -0.3 is 14.6 Å². The summed E-state index contributed by atoms with van der Waals surface area (Å²) in [5, 5.41) is 7.64. The fourth-order valence-electron chi connectivity index (χ4n) is 3.35. The van der Waals surface area contributed by atoms with E-state index in [4.69, 9.17) is 9.26 Å². The summed E-state index contributed by atoms with van der Waals surface area (Å²) in [7, 11) is 1.76. The lowest BCUT2D eigenvalue weighted by atomic mass is 9.84. The molecule has 0 radical (unpaired) electrons. The van der Waals surface area contributed by atoms with Crippen LogP contribution >= 0.6 is 0 Å². The number of hydrogen-bond donors (Lipinski definition) is 1. The first-order chi connectivity index (χ1) is 9.25. The van der Waals surface area contributed by atoms with E-state index in [1.807, 2.05) is 0 Å². The zero-order valence-corrected chi connectivity index (χ0v) is 11.8. The highest BCUT2D eigenvalue weighted by Gasteiger charge is 2.40. The monoisotopic (exact) mass is 265 g/mol. The van der Waals surface area contributed by atoms with Gasteiger partial charge in [0, 0.05) is 7.11 Å². The quantitative estimate of drug-likeness (QED) is 0.910. The Bertz CT molecular complexity index is 426. The van der Waals surface area contributed by atoms with Crippen LogP contribution in [-0.4, -0.2) is 23.8 Å². The largest absolute Gasteiger partial charge is 0.370 e. The highest BCUT2D eigenvalue weighted by Crippen LogP contribution is 2.39. The molecule has 0 spiro atoms. The van der Waals surface area contributed by atoms with Gasteiger partial charge in [-0.25, -0.2) is 0 Å². The van der Waals surface area contributed by atoms with E-state index in [1.165, 1.54) is 19.3 Å². The molecule has 2 fully saturated rings. The second-order valence-corrected chi connectivity index (χ2v) is 5.91. The molecule has 1 aliphatic heterocycles. The van der Waals surface area contributed by atoms with E-state index in [1.54, 1.807) is 7.11 Å². The minimum Gasteiger partial charge on any atom is -0.370 e. The van der Waals surface area contributed by atoms with Crippen molar-refractivity contribution in [3.63, 3.8) is 0 Å². The van der Waals surface area contributed by atoms with E-state index in [-0.39, 0.29) is 11.6 Å². The van der Waals surface area contributed by atoms with Crippen LogP contribution in [0.4, 0.5) is 0 Å². The van der Waals surface area contributed by atoms with E-state index in [0.717, 1.165) is 37.5 Å². The molecule has 1 saturated carbocycles. The molecular weight excluding hydrogens is 242 g/mol. The first-order valence-corrected chi connectivity index (χ1v) is 7.38. The molecule has 5 nitrogen and oxygen atoms in total. The molecule has 3 rings (SSSR count). The number of methoxy groups -OCH3 is 1. The predicted octanol–water partition coefficient (Wildman–Crippen LogP) is 2.55. The summed E-state index contributed by atoms with van der Waals surface area (Å²) in [6.45, 7) is 3.25. The van der Waals surface area contributed by atoms with Crippen LogP contribution in [0.3, 0.4) is 0 Å². The maximum absolute atomic E-state index is 5.76. The zero-order chi connectivity index (χ0) is 13.3. The summed E-state index contributed by atoms with van der Waals surface area (Å²) in [6.07, 6.45) is 6.78. The Kier molecular flexibility index (Phi) is 3.58. The number of aromatic nitrogens is 2. The normalized spacial score (nSPS) is 30.6. The van der Waals surface area contributed by atoms with Gasteiger partial charge in [0.1, 0.15) is 5.60 Å². The Morgan fingerprint density at radius 3 is 2.74 bits per heavy atom. The molecule has 106 valence electrons. The van der Waals surface area contributed by atoms with Crippen molar-refractivity contribution in [1.29, 1.82) is 0 Å². The van der Waals surface area contributed by atoms with Gasteiger partial charge in [-0.15, -0.1) is 0 Å². The van der Waals surface area contributed by atoms with Crippen molar-refractivity contribution < 1.29 is 9.26 Å². The lowest BCUT2D eigenvalue weighted by Gasteiger charge is -2.32. The summed E-state index contributed by atoms with van der Waals surface area (Å²) >= 11 is 0. The lowest BCUT2D eigenvalue weighted by Crippen LogP contribution is -2.32. The predicted molar refractivity (Wildman–Crippen MR) is 70.6 cm³/mol. The molecule has 1 aliphatic carbocycles. The van der Waals surface area contributed by atoms with Crippen LogP contribution < -0.4 is 5.32 Å². The molecule has 1 saturated heterocycles. The second-order valence-electron chi connectivity index (χ2n) is 5.91. The van der Waals surface area contributed by atoms with E-state index in [0.29, 0.717) is 5.92 Å². The van der Waals surface area contributed by atoms with Crippen molar-refractivity contribution in [2.24, 2.45) is 5.92 Å². The third-order valence-corrected chi connectivity index (χ3v) is 4.70. The molecule has 5 heteroatoms. The van der Waals surface area contributed by atoms with Crippen LogP contribution in [0, 0.1) is 5.92 Å². The third kappa shape index (κ3) is 2.30. The Labute approximate surface area is 114 Å². The van der Waals surface area contributed by atoms with Gasteiger partial charge in [0.15, 0.2) is 0 Å². The average Bonchev–Trinajstić information content (AvgIpc) is 3.08. The molecule has 0 bridgehead atoms. The minimum atomic E-state index is -0.318. The van der Waals surface area contributed by atoms with E-state index in [2.05, 4.69) is 22.4 Å². The standard InChI is InChI=1S/C14H23N3O2/c1-10-6-9-15-11(10)12-16-13(17-19-12)14(18-2)7-4-3-5-8-14/h10-11,15H,3-9H2,1-2H3. The zero-order valence-electron chi connectivity index (χ0n) is 11.8. The van der Waals surface area contributed by atoms with Gasteiger partial charge in [0.2, 0.25) is 11.7 Å². The van der Waals surface area contributed by atoms with Crippen molar-refractivity contribution in [2.75, 3.05) is 13.7 Å². The smallest absolute Gasteiger partial charge is 0.244 e. The van der Waals surface area contributed by atoms with E-state index < -0.39 is 0 Å². The fraction of sp³-hybridized carbons (Fsp3) is 0.857. The van der Waals surface area contributed by atoms with Gasteiger partial charge in [-0.05, 0) is 31.7 Å². The van der Waals surface area contributed by atoms with Gasteiger partial charge in [0.25, 0.3) is 0 Å². The maximum atomic E-state index is 5.76. The lowest BCUT2D eigenvalue weighted by molar-refractivity contribution is -0.0527. The van der Waals surface area contributed by atoms with E-state index in [9.17, 15) is 0 Å². The number of nitrogens with one attached hydrogen (secondary N) is 1. The van der Waals surface area contributed by atoms with Crippen LogP contribution in [0.2, 0.25) is 0 Å².